The molecular weight excluding hydrogens is 228 g/mol. The second kappa shape index (κ2) is 8.78. The van der Waals surface area contributed by atoms with Crippen LogP contribution in [0.25, 0.3) is 0 Å². The lowest BCUT2D eigenvalue weighted by atomic mass is 10.1. The second-order valence-electron chi connectivity index (χ2n) is 4.78. The van der Waals surface area contributed by atoms with Gasteiger partial charge in [-0.2, -0.15) is 0 Å². The van der Waals surface area contributed by atoms with Crippen LogP contribution < -0.4 is 0 Å². The highest BCUT2D eigenvalue weighted by molar-refractivity contribution is 5.66. The zero-order valence-electron chi connectivity index (χ0n) is 11.3. The van der Waals surface area contributed by atoms with E-state index >= 15 is 0 Å². The Kier molecular flexibility index (Phi) is 7.23. The van der Waals surface area contributed by atoms with Gasteiger partial charge in [-0.1, -0.05) is 26.2 Å². The third-order valence-corrected chi connectivity index (χ3v) is 3.06. The van der Waals surface area contributed by atoms with E-state index in [-0.39, 0.29) is 6.42 Å². The van der Waals surface area contributed by atoms with Gasteiger partial charge in [-0.3, -0.25) is 4.79 Å². The molecule has 0 radical (unpaired) electrons. The van der Waals surface area contributed by atoms with Gasteiger partial charge < -0.3 is 9.52 Å². The molecule has 0 saturated heterocycles. The first-order valence-electron chi connectivity index (χ1n) is 7.01. The SMILES string of the molecule is CCCCCCc1ccc(CCCCC(=O)O)o1. The number of carbonyl (C=O) groups is 1. The van der Waals surface area contributed by atoms with E-state index in [1.165, 1.54) is 25.7 Å². The van der Waals surface area contributed by atoms with Gasteiger partial charge >= 0.3 is 5.97 Å². The van der Waals surface area contributed by atoms with Crippen LogP contribution in [0.4, 0.5) is 0 Å². The van der Waals surface area contributed by atoms with Crippen molar-refractivity contribution in [2.75, 3.05) is 0 Å². The molecule has 0 aliphatic heterocycles. The number of aliphatic carboxylic acids is 1. The fourth-order valence-electron chi connectivity index (χ4n) is 1.99. The van der Waals surface area contributed by atoms with Crippen LogP contribution in [0.5, 0.6) is 0 Å². The Morgan fingerprint density at radius 2 is 1.67 bits per heavy atom. The molecule has 3 heteroatoms. The third-order valence-electron chi connectivity index (χ3n) is 3.06. The van der Waals surface area contributed by atoms with Crippen LogP contribution in [-0.4, -0.2) is 11.1 Å². The molecule has 0 spiro atoms. The summed E-state index contributed by atoms with van der Waals surface area (Å²) < 4.78 is 5.72. The molecule has 102 valence electrons. The maximum absolute atomic E-state index is 10.4. The van der Waals surface area contributed by atoms with E-state index in [2.05, 4.69) is 13.0 Å². The van der Waals surface area contributed by atoms with E-state index in [9.17, 15) is 4.79 Å². The van der Waals surface area contributed by atoms with Gasteiger partial charge in [0.15, 0.2) is 0 Å². The molecule has 0 aliphatic rings. The van der Waals surface area contributed by atoms with E-state index in [1.807, 2.05) is 6.07 Å². The molecule has 0 unspecified atom stereocenters. The average Bonchev–Trinajstić information content (AvgIpc) is 2.78. The number of carboxylic acids is 1. The van der Waals surface area contributed by atoms with Crippen LogP contribution in [0, 0.1) is 0 Å². The molecule has 0 amide bonds. The van der Waals surface area contributed by atoms with Crippen molar-refractivity contribution in [3.63, 3.8) is 0 Å². The van der Waals surface area contributed by atoms with Gasteiger partial charge in [0.25, 0.3) is 0 Å². The molecule has 0 fully saturated rings. The minimum atomic E-state index is -0.717. The first-order valence-corrected chi connectivity index (χ1v) is 7.01. The molecule has 0 bridgehead atoms. The summed E-state index contributed by atoms with van der Waals surface area (Å²) in [7, 11) is 0. The van der Waals surface area contributed by atoms with E-state index in [0.717, 1.165) is 37.2 Å². The Morgan fingerprint density at radius 3 is 2.22 bits per heavy atom. The summed E-state index contributed by atoms with van der Waals surface area (Å²) in [5.41, 5.74) is 0. The van der Waals surface area contributed by atoms with Gasteiger partial charge in [0.2, 0.25) is 0 Å². The van der Waals surface area contributed by atoms with Crippen molar-refractivity contribution in [2.24, 2.45) is 0 Å². The summed E-state index contributed by atoms with van der Waals surface area (Å²) in [6.45, 7) is 2.21. The molecule has 18 heavy (non-hydrogen) atoms. The standard InChI is InChI=1S/C15H24O3/c1-2-3-4-5-8-13-11-12-14(18-13)9-6-7-10-15(16)17/h11-12H,2-10H2,1H3,(H,16,17). The maximum atomic E-state index is 10.4. The molecule has 1 N–H and O–H groups in total. The van der Waals surface area contributed by atoms with Crippen LogP contribution in [0.1, 0.15) is 63.4 Å². The Bertz CT molecular complexity index is 341. The summed E-state index contributed by atoms with van der Waals surface area (Å²) in [5.74, 6) is 1.34. The number of aryl methyl sites for hydroxylation is 2. The van der Waals surface area contributed by atoms with Crippen molar-refractivity contribution >= 4 is 5.97 Å². The summed E-state index contributed by atoms with van der Waals surface area (Å²) in [6.07, 6.45) is 8.75. The van der Waals surface area contributed by atoms with Gasteiger partial charge in [0.1, 0.15) is 11.5 Å². The monoisotopic (exact) mass is 252 g/mol. The third kappa shape index (κ3) is 6.48. The molecule has 0 aliphatic carbocycles. The fourth-order valence-corrected chi connectivity index (χ4v) is 1.99. The van der Waals surface area contributed by atoms with Crippen molar-refractivity contribution in [1.29, 1.82) is 0 Å². The highest BCUT2D eigenvalue weighted by Crippen LogP contribution is 2.14. The zero-order valence-corrected chi connectivity index (χ0v) is 11.3. The van der Waals surface area contributed by atoms with Crippen molar-refractivity contribution in [2.45, 2.75) is 64.7 Å². The Morgan fingerprint density at radius 1 is 1.06 bits per heavy atom. The molecule has 1 heterocycles. The van der Waals surface area contributed by atoms with E-state index in [1.54, 1.807) is 0 Å². The highest BCUT2D eigenvalue weighted by atomic mass is 16.4. The molecular formula is C15H24O3. The van der Waals surface area contributed by atoms with Gasteiger partial charge in [-0.25, -0.2) is 0 Å². The molecule has 1 rings (SSSR count). The normalized spacial score (nSPS) is 10.7. The molecule has 3 nitrogen and oxygen atoms in total. The molecule has 0 atom stereocenters. The molecule has 1 aromatic rings. The largest absolute Gasteiger partial charge is 0.481 e. The Labute approximate surface area is 109 Å². The lowest BCUT2D eigenvalue weighted by molar-refractivity contribution is -0.137. The predicted molar refractivity (Wildman–Crippen MR) is 71.7 cm³/mol. The second-order valence-corrected chi connectivity index (χ2v) is 4.78. The quantitative estimate of drug-likeness (QED) is 0.635. The van der Waals surface area contributed by atoms with E-state index in [0.29, 0.717) is 0 Å². The van der Waals surface area contributed by atoms with Gasteiger partial charge in [0.05, 0.1) is 0 Å². The number of furan rings is 1. The predicted octanol–water partition coefficient (Wildman–Crippen LogP) is 4.20. The van der Waals surface area contributed by atoms with Gasteiger partial charge in [0, 0.05) is 19.3 Å². The van der Waals surface area contributed by atoms with Gasteiger partial charge in [-0.15, -0.1) is 0 Å². The summed E-state index contributed by atoms with van der Waals surface area (Å²) in [6, 6.07) is 4.08. The summed E-state index contributed by atoms with van der Waals surface area (Å²) in [5, 5.41) is 8.53. The highest BCUT2D eigenvalue weighted by Gasteiger charge is 2.03. The van der Waals surface area contributed by atoms with Crippen LogP contribution in [0.2, 0.25) is 0 Å². The number of hydrogen-bond acceptors (Lipinski definition) is 2. The molecule has 1 aromatic heterocycles. The first kappa shape index (κ1) is 14.8. The average molecular weight is 252 g/mol. The van der Waals surface area contributed by atoms with E-state index < -0.39 is 5.97 Å². The van der Waals surface area contributed by atoms with Crippen molar-refractivity contribution in [3.05, 3.63) is 23.7 Å². The van der Waals surface area contributed by atoms with Crippen molar-refractivity contribution in [3.8, 4) is 0 Å². The van der Waals surface area contributed by atoms with Crippen LogP contribution in [0.15, 0.2) is 16.5 Å². The van der Waals surface area contributed by atoms with Crippen molar-refractivity contribution < 1.29 is 14.3 Å². The summed E-state index contributed by atoms with van der Waals surface area (Å²) >= 11 is 0. The lowest BCUT2D eigenvalue weighted by Gasteiger charge is -1.98. The minimum absolute atomic E-state index is 0.255. The van der Waals surface area contributed by atoms with Crippen LogP contribution in [0.3, 0.4) is 0 Å². The Balaban J connectivity index is 2.15. The number of unbranched alkanes of at least 4 members (excludes halogenated alkanes) is 4. The molecule has 0 aromatic carbocycles. The smallest absolute Gasteiger partial charge is 0.303 e. The maximum Gasteiger partial charge on any atom is 0.303 e. The number of carboxylic acid groups (broad SMARTS) is 1. The molecule has 0 saturated carbocycles. The van der Waals surface area contributed by atoms with E-state index in [4.69, 9.17) is 9.52 Å². The lowest BCUT2D eigenvalue weighted by Crippen LogP contribution is -1.94. The Hall–Kier alpha value is -1.25. The topological polar surface area (TPSA) is 50.4 Å². The minimum Gasteiger partial charge on any atom is -0.481 e. The summed E-state index contributed by atoms with van der Waals surface area (Å²) in [4.78, 5) is 10.4. The first-order chi connectivity index (χ1) is 8.72. The fraction of sp³-hybridized carbons (Fsp3) is 0.667. The van der Waals surface area contributed by atoms with Crippen LogP contribution >= 0.6 is 0 Å². The van der Waals surface area contributed by atoms with Crippen molar-refractivity contribution in [1.82, 2.24) is 0 Å². The van der Waals surface area contributed by atoms with Gasteiger partial charge in [-0.05, 0) is 31.4 Å². The van der Waals surface area contributed by atoms with Crippen LogP contribution in [-0.2, 0) is 17.6 Å². The number of rotatable bonds is 10. The number of hydrogen-bond donors (Lipinski definition) is 1. The zero-order chi connectivity index (χ0) is 13.2.